The van der Waals surface area contributed by atoms with E-state index in [1.165, 1.54) is 3.97 Å². The third-order valence-electron chi connectivity index (χ3n) is 10.2. The van der Waals surface area contributed by atoms with Crippen LogP contribution >= 0.6 is 0 Å². The number of piperazine rings is 1. The van der Waals surface area contributed by atoms with Gasteiger partial charge in [-0.05, 0) is 92.0 Å². The third-order valence-corrected chi connectivity index (χ3v) is 11.8. The predicted molar refractivity (Wildman–Crippen MR) is 192 cm³/mol. The average molecular weight is 677 g/mol. The quantitative estimate of drug-likeness (QED) is 0.249. The number of aryl methyl sites for hydroxylation is 1. The molecule has 0 aliphatic carbocycles. The fourth-order valence-electron chi connectivity index (χ4n) is 7.06. The van der Waals surface area contributed by atoms with Crippen molar-refractivity contribution in [3.05, 3.63) is 101 Å². The number of amides is 2. The molecule has 0 bridgehead atoms. The number of pyridine rings is 1. The van der Waals surface area contributed by atoms with E-state index in [0.717, 1.165) is 70.8 Å². The zero-order chi connectivity index (χ0) is 34.6. The molecule has 1 atom stereocenters. The van der Waals surface area contributed by atoms with E-state index in [1.54, 1.807) is 42.7 Å². The van der Waals surface area contributed by atoms with Gasteiger partial charge >= 0.3 is 0 Å². The van der Waals surface area contributed by atoms with E-state index in [-0.39, 0.29) is 16.7 Å². The summed E-state index contributed by atoms with van der Waals surface area (Å²) < 4.78 is 29.5. The largest absolute Gasteiger partial charge is 0.369 e. The molecule has 10 nitrogen and oxygen atoms in total. The summed E-state index contributed by atoms with van der Waals surface area (Å²) in [5.74, 6) is -0.420. The summed E-state index contributed by atoms with van der Waals surface area (Å²) in [4.78, 5) is 34.1. The van der Waals surface area contributed by atoms with Gasteiger partial charge in [0.1, 0.15) is 0 Å². The predicted octanol–water partition coefficient (Wildman–Crippen LogP) is 4.99. The lowest BCUT2D eigenvalue weighted by Gasteiger charge is -2.36. The van der Waals surface area contributed by atoms with Crippen LogP contribution < -0.4 is 16.0 Å². The minimum absolute atomic E-state index is 0.0458. The number of fused-ring (bicyclic) bond motifs is 1. The number of nitrogens with two attached hydrogens (primary N) is 1. The molecule has 0 spiro atoms. The first kappa shape index (κ1) is 32.5. The summed E-state index contributed by atoms with van der Waals surface area (Å²) in [5, 5.41) is 3.66. The van der Waals surface area contributed by atoms with E-state index in [0.29, 0.717) is 35.1 Å². The summed E-state index contributed by atoms with van der Waals surface area (Å²) in [5.41, 5.74) is 14.4. The fourth-order valence-corrected chi connectivity index (χ4v) is 8.38. The number of nitrogens with zero attached hydrogens (tertiary/aromatic N) is 4. The SMILES string of the molecule is Cc1ccc(S(=O)(=O)n2cc(-c3ccc(C(N)=O)c(C)c3C)c3cc(-c4ccc(N5CCN(C)CC5)c(C5CNC(=O)C5)c4)cnc32)cc1. The van der Waals surface area contributed by atoms with Crippen molar-refractivity contribution in [2.45, 2.75) is 38.0 Å². The van der Waals surface area contributed by atoms with Gasteiger partial charge in [-0.3, -0.25) is 9.59 Å². The molecule has 1 unspecified atom stereocenters. The van der Waals surface area contributed by atoms with Gasteiger partial charge in [0.25, 0.3) is 10.0 Å². The Morgan fingerprint density at radius 3 is 2.31 bits per heavy atom. The molecule has 2 aromatic heterocycles. The van der Waals surface area contributed by atoms with Crippen molar-refractivity contribution in [2.24, 2.45) is 5.73 Å². The first-order valence-electron chi connectivity index (χ1n) is 16.5. The van der Waals surface area contributed by atoms with Gasteiger partial charge in [-0.15, -0.1) is 0 Å². The highest BCUT2D eigenvalue weighted by Crippen LogP contribution is 2.40. The molecule has 2 fully saturated rings. The summed E-state index contributed by atoms with van der Waals surface area (Å²) in [6.07, 6.45) is 3.78. The van der Waals surface area contributed by atoms with E-state index in [1.807, 2.05) is 32.9 Å². The summed E-state index contributed by atoms with van der Waals surface area (Å²) in [7, 11) is -1.87. The summed E-state index contributed by atoms with van der Waals surface area (Å²) >= 11 is 0. The molecule has 5 aromatic rings. The maximum Gasteiger partial charge on any atom is 0.269 e. The topological polar surface area (TPSA) is 131 Å². The van der Waals surface area contributed by atoms with Crippen molar-refractivity contribution >= 4 is 38.6 Å². The number of rotatable bonds is 7. The van der Waals surface area contributed by atoms with Gasteiger partial charge in [-0.1, -0.05) is 29.8 Å². The Balaban J connectivity index is 1.41. The van der Waals surface area contributed by atoms with Crippen LogP contribution in [0.25, 0.3) is 33.3 Å². The number of aromatic nitrogens is 2. The molecule has 3 N–H and O–H groups in total. The second kappa shape index (κ2) is 12.5. The standard InChI is InChI=1S/C38H40N6O4S/c1-23-5-8-29(9-6-23)49(47,48)44-22-34(30-10-11-31(37(39)46)25(3)24(30)2)33-18-27(20-41-38(33)44)26-7-12-35(43-15-13-42(4)14-16-43)32(17-26)28-19-36(45)40-21-28/h5-12,17-18,20,22,28H,13-16,19,21H2,1-4H3,(H2,39,46)(H,40,45). The number of primary amides is 1. The molecule has 11 heteroatoms. The molecular formula is C38H40N6O4S. The lowest BCUT2D eigenvalue weighted by Crippen LogP contribution is -2.44. The second-order valence-corrected chi connectivity index (χ2v) is 15.1. The van der Waals surface area contributed by atoms with Gasteiger partial charge in [-0.2, -0.15) is 0 Å². The van der Waals surface area contributed by atoms with E-state index < -0.39 is 15.9 Å². The van der Waals surface area contributed by atoms with E-state index in [2.05, 4.69) is 40.4 Å². The Morgan fingerprint density at radius 2 is 1.63 bits per heavy atom. The first-order valence-corrected chi connectivity index (χ1v) is 17.9. The zero-order valence-electron chi connectivity index (χ0n) is 28.2. The maximum atomic E-state index is 14.1. The highest BCUT2D eigenvalue weighted by atomic mass is 32.2. The molecule has 0 radical (unpaired) electrons. The van der Waals surface area contributed by atoms with E-state index in [9.17, 15) is 18.0 Å². The van der Waals surface area contributed by atoms with Crippen LogP contribution in [0, 0.1) is 20.8 Å². The van der Waals surface area contributed by atoms with Crippen LogP contribution in [0.4, 0.5) is 5.69 Å². The second-order valence-electron chi connectivity index (χ2n) is 13.3. The number of carbonyl (C=O) groups is 2. The summed E-state index contributed by atoms with van der Waals surface area (Å²) in [6, 6.07) is 18.7. The number of benzene rings is 3. The van der Waals surface area contributed by atoms with Crippen molar-refractivity contribution in [1.29, 1.82) is 0 Å². The number of hydrogen-bond donors (Lipinski definition) is 2. The number of nitrogens with one attached hydrogen (secondary N) is 1. The highest BCUT2D eigenvalue weighted by Gasteiger charge is 2.29. The normalized spacial score (nSPS) is 17.1. The number of hydrogen-bond acceptors (Lipinski definition) is 7. The number of likely N-dealkylation sites (N-methyl/N-ethyl adjacent to an activating group) is 1. The van der Waals surface area contributed by atoms with Crippen LogP contribution in [0.15, 0.2) is 78.0 Å². The van der Waals surface area contributed by atoms with Crippen LogP contribution in [-0.4, -0.2) is 73.9 Å². The smallest absolute Gasteiger partial charge is 0.269 e. The van der Waals surface area contributed by atoms with Gasteiger partial charge in [0.2, 0.25) is 11.8 Å². The molecule has 7 rings (SSSR count). The Bertz CT molecular complexity index is 2240. The molecule has 3 aromatic carbocycles. The highest BCUT2D eigenvalue weighted by molar-refractivity contribution is 7.90. The van der Waals surface area contributed by atoms with Crippen molar-refractivity contribution in [2.75, 3.05) is 44.7 Å². The lowest BCUT2D eigenvalue weighted by molar-refractivity contribution is -0.119. The number of carbonyl (C=O) groups excluding carboxylic acids is 2. The van der Waals surface area contributed by atoms with Gasteiger partial charge in [0.05, 0.1) is 4.90 Å². The summed E-state index contributed by atoms with van der Waals surface area (Å²) in [6.45, 7) is 10.00. The Kier molecular flexibility index (Phi) is 8.28. The first-order chi connectivity index (χ1) is 23.4. The Labute approximate surface area is 286 Å². The van der Waals surface area contributed by atoms with Crippen LogP contribution in [-0.2, 0) is 14.8 Å². The third kappa shape index (κ3) is 5.87. The molecular weight excluding hydrogens is 637 g/mol. The van der Waals surface area contributed by atoms with Crippen LogP contribution in [0.2, 0.25) is 0 Å². The molecule has 2 amide bonds. The van der Waals surface area contributed by atoms with Crippen molar-refractivity contribution in [3.63, 3.8) is 0 Å². The molecule has 252 valence electrons. The number of anilines is 1. The fraction of sp³-hybridized carbons (Fsp3) is 0.289. The van der Waals surface area contributed by atoms with Crippen molar-refractivity contribution in [3.8, 4) is 22.3 Å². The molecule has 0 saturated carbocycles. The van der Waals surface area contributed by atoms with Gasteiger partial charge in [0.15, 0.2) is 5.65 Å². The van der Waals surface area contributed by atoms with Crippen molar-refractivity contribution < 1.29 is 18.0 Å². The molecule has 2 aliphatic rings. The zero-order valence-corrected chi connectivity index (χ0v) is 29.0. The Hall–Kier alpha value is -5.00. The molecule has 2 saturated heterocycles. The monoisotopic (exact) mass is 676 g/mol. The lowest BCUT2D eigenvalue weighted by atomic mass is 9.91. The van der Waals surface area contributed by atoms with Gasteiger partial charge in [0, 0.05) is 85.2 Å². The van der Waals surface area contributed by atoms with Crippen LogP contribution in [0.5, 0.6) is 0 Å². The minimum atomic E-state index is -4.00. The van der Waals surface area contributed by atoms with Gasteiger partial charge < -0.3 is 20.9 Å². The van der Waals surface area contributed by atoms with Crippen LogP contribution in [0.3, 0.4) is 0 Å². The Morgan fingerprint density at radius 1 is 0.898 bits per heavy atom. The molecule has 49 heavy (non-hydrogen) atoms. The minimum Gasteiger partial charge on any atom is -0.369 e. The molecule has 4 heterocycles. The maximum absolute atomic E-state index is 14.1. The van der Waals surface area contributed by atoms with Crippen molar-refractivity contribution in [1.82, 2.24) is 19.2 Å². The average Bonchev–Trinajstić information content (AvgIpc) is 3.70. The molecule has 2 aliphatic heterocycles. The van der Waals surface area contributed by atoms with Gasteiger partial charge in [-0.25, -0.2) is 17.4 Å². The van der Waals surface area contributed by atoms with E-state index in [4.69, 9.17) is 10.7 Å². The van der Waals surface area contributed by atoms with Crippen LogP contribution in [0.1, 0.15) is 45.0 Å². The van der Waals surface area contributed by atoms with E-state index >= 15 is 0 Å².